The second-order valence-corrected chi connectivity index (χ2v) is 5.35. The van der Waals surface area contributed by atoms with Gasteiger partial charge < -0.3 is 5.11 Å². The summed E-state index contributed by atoms with van der Waals surface area (Å²) in [5, 5.41) is 19.1. The molecule has 1 N–H and O–H groups in total. The van der Waals surface area contributed by atoms with Crippen LogP contribution in [0.4, 0.5) is 0 Å². The zero-order valence-electron chi connectivity index (χ0n) is 11.9. The SMILES string of the molecule is CC(C)c1ccc(CC(O)c2cccc(C#N)c2)cc1. The lowest BCUT2D eigenvalue weighted by molar-refractivity contribution is 0.178. The first-order chi connectivity index (χ1) is 9.60. The van der Waals surface area contributed by atoms with Gasteiger partial charge in [0.05, 0.1) is 17.7 Å². The summed E-state index contributed by atoms with van der Waals surface area (Å²) in [7, 11) is 0. The quantitative estimate of drug-likeness (QED) is 0.909. The van der Waals surface area contributed by atoms with Gasteiger partial charge in [-0.3, -0.25) is 0 Å². The third-order valence-corrected chi connectivity index (χ3v) is 3.48. The Labute approximate surface area is 120 Å². The van der Waals surface area contributed by atoms with Crippen LogP contribution in [0.15, 0.2) is 48.5 Å². The smallest absolute Gasteiger partial charge is 0.0991 e. The van der Waals surface area contributed by atoms with Gasteiger partial charge in [-0.15, -0.1) is 0 Å². The van der Waals surface area contributed by atoms with E-state index < -0.39 is 6.10 Å². The first kappa shape index (κ1) is 14.3. The highest BCUT2D eigenvalue weighted by Crippen LogP contribution is 2.21. The predicted octanol–water partition coefficient (Wildman–Crippen LogP) is 3.96. The highest BCUT2D eigenvalue weighted by atomic mass is 16.3. The number of aliphatic hydroxyl groups is 1. The Balaban J connectivity index is 2.11. The molecule has 0 fully saturated rings. The van der Waals surface area contributed by atoms with Crippen LogP contribution in [-0.2, 0) is 6.42 Å². The molecule has 20 heavy (non-hydrogen) atoms. The molecule has 2 aromatic rings. The molecule has 0 spiro atoms. The van der Waals surface area contributed by atoms with Gasteiger partial charge in [0.25, 0.3) is 0 Å². The van der Waals surface area contributed by atoms with Crippen LogP contribution in [0.5, 0.6) is 0 Å². The van der Waals surface area contributed by atoms with Crippen molar-refractivity contribution >= 4 is 0 Å². The molecule has 0 aliphatic carbocycles. The Morgan fingerprint density at radius 1 is 1.05 bits per heavy atom. The Hall–Kier alpha value is -2.11. The minimum Gasteiger partial charge on any atom is -0.388 e. The highest BCUT2D eigenvalue weighted by Gasteiger charge is 2.09. The second-order valence-electron chi connectivity index (χ2n) is 5.35. The van der Waals surface area contributed by atoms with Crippen LogP contribution in [0.25, 0.3) is 0 Å². The van der Waals surface area contributed by atoms with Crippen LogP contribution < -0.4 is 0 Å². The van der Waals surface area contributed by atoms with Crippen molar-refractivity contribution in [3.05, 3.63) is 70.8 Å². The lowest BCUT2D eigenvalue weighted by Crippen LogP contribution is -2.02. The predicted molar refractivity (Wildman–Crippen MR) is 80.4 cm³/mol. The molecule has 0 aliphatic heterocycles. The van der Waals surface area contributed by atoms with E-state index >= 15 is 0 Å². The highest BCUT2D eigenvalue weighted by molar-refractivity contribution is 5.34. The van der Waals surface area contributed by atoms with Gasteiger partial charge >= 0.3 is 0 Å². The van der Waals surface area contributed by atoms with Crippen molar-refractivity contribution < 1.29 is 5.11 Å². The molecule has 1 atom stereocenters. The van der Waals surface area contributed by atoms with Crippen LogP contribution in [0.1, 0.15) is 48.1 Å². The van der Waals surface area contributed by atoms with E-state index in [1.807, 2.05) is 6.07 Å². The first-order valence-corrected chi connectivity index (χ1v) is 6.87. The minimum atomic E-state index is -0.576. The molecule has 0 heterocycles. The standard InChI is InChI=1S/C18H19NO/c1-13(2)16-8-6-14(7-9-16)11-18(20)17-5-3-4-15(10-17)12-19/h3-10,13,18,20H,11H2,1-2H3. The van der Waals surface area contributed by atoms with E-state index in [9.17, 15) is 5.11 Å². The van der Waals surface area contributed by atoms with E-state index in [4.69, 9.17) is 5.26 Å². The van der Waals surface area contributed by atoms with Crippen molar-refractivity contribution in [3.63, 3.8) is 0 Å². The van der Waals surface area contributed by atoms with Gasteiger partial charge in [-0.1, -0.05) is 50.2 Å². The zero-order valence-corrected chi connectivity index (χ0v) is 11.9. The third-order valence-electron chi connectivity index (χ3n) is 3.48. The van der Waals surface area contributed by atoms with Crippen molar-refractivity contribution in [2.45, 2.75) is 32.3 Å². The molecule has 102 valence electrons. The Morgan fingerprint density at radius 3 is 2.35 bits per heavy atom. The number of hydrogen-bond acceptors (Lipinski definition) is 2. The van der Waals surface area contributed by atoms with Gasteiger partial charge in [0, 0.05) is 6.42 Å². The van der Waals surface area contributed by atoms with Gasteiger partial charge in [-0.25, -0.2) is 0 Å². The molecule has 0 bridgehead atoms. The molecule has 0 radical (unpaired) electrons. The second kappa shape index (κ2) is 6.36. The normalized spacial score (nSPS) is 12.2. The fourth-order valence-corrected chi connectivity index (χ4v) is 2.20. The molecule has 2 rings (SSSR count). The number of benzene rings is 2. The Kier molecular flexibility index (Phi) is 4.55. The van der Waals surface area contributed by atoms with Crippen LogP contribution in [-0.4, -0.2) is 5.11 Å². The molecular weight excluding hydrogens is 246 g/mol. The van der Waals surface area contributed by atoms with Crippen LogP contribution in [0.3, 0.4) is 0 Å². The topological polar surface area (TPSA) is 44.0 Å². The molecule has 1 unspecified atom stereocenters. The summed E-state index contributed by atoms with van der Waals surface area (Å²) in [5.74, 6) is 0.515. The number of hydrogen-bond donors (Lipinski definition) is 1. The van der Waals surface area contributed by atoms with Crippen LogP contribution >= 0.6 is 0 Å². The molecule has 0 amide bonds. The third kappa shape index (κ3) is 3.46. The zero-order chi connectivity index (χ0) is 14.5. The molecule has 2 heteroatoms. The van der Waals surface area contributed by atoms with Crippen molar-refractivity contribution in [1.29, 1.82) is 5.26 Å². The van der Waals surface area contributed by atoms with Crippen LogP contribution in [0, 0.1) is 11.3 Å². The summed E-state index contributed by atoms with van der Waals surface area (Å²) >= 11 is 0. The summed E-state index contributed by atoms with van der Waals surface area (Å²) in [5.41, 5.74) is 3.77. The molecule has 0 aromatic heterocycles. The molecular formula is C18H19NO. The summed E-state index contributed by atoms with van der Waals surface area (Å²) in [4.78, 5) is 0. The average Bonchev–Trinajstić information content (AvgIpc) is 2.47. The first-order valence-electron chi connectivity index (χ1n) is 6.87. The number of nitrogens with zero attached hydrogens (tertiary/aromatic N) is 1. The van der Waals surface area contributed by atoms with E-state index in [1.165, 1.54) is 5.56 Å². The minimum absolute atomic E-state index is 0.515. The van der Waals surface area contributed by atoms with Gasteiger partial charge in [0.2, 0.25) is 0 Å². The molecule has 2 nitrogen and oxygen atoms in total. The maximum absolute atomic E-state index is 10.3. The molecule has 0 saturated carbocycles. The van der Waals surface area contributed by atoms with Gasteiger partial charge in [-0.2, -0.15) is 5.26 Å². The Morgan fingerprint density at radius 2 is 1.75 bits per heavy atom. The van der Waals surface area contributed by atoms with Crippen molar-refractivity contribution in [2.24, 2.45) is 0 Å². The van der Waals surface area contributed by atoms with E-state index in [2.05, 4.69) is 44.2 Å². The largest absolute Gasteiger partial charge is 0.388 e. The lowest BCUT2D eigenvalue weighted by atomic mass is 9.97. The van der Waals surface area contributed by atoms with Gasteiger partial charge in [0.1, 0.15) is 0 Å². The van der Waals surface area contributed by atoms with Gasteiger partial charge in [-0.05, 0) is 34.7 Å². The van der Waals surface area contributed by atoms with Crippen molar-refractivity contribution in [3.8, 4) is 6.07 Å². The molecule has 2 aromatic carbocycles. The van der Waals surface area contributed by atoms with E-state index in [1.54, 1.807) is 18.2 Å². The average molecular weight is 265 g/mol. The summed E-state index contributed by atoms with van der Waals surface area (Å²) in [6.45, 7) is 4.33. The van der Waals surface area contributed by atoms with Crippen LogP contribution in [0.2, 0.25) is 0 Å². The fraction of sp³-hybridized carbons (Fsp3) is 0.278. The Bertz CT molecular complexity index is 608. The fourth-order valence-electron chi connectivity index (χ4n) is 2.20. The monoisotopic (exact) mass is 265 g/mol. The molecule has 0 saturated heterocycles. The number of rotatable bonds is 4. The van der Waals surface area contributed by atoms with Crippen molar-refractivity contribution in [2.75, 3.05) is 0 Å². The summed E-state index contributed by atoms with van der Waals surface area (Å²) in [6.07, 6.45) is -0.0130. The lowest BCUT2D eigenvalue weighted by Gasteiger charge is -2.12. The molecule has 0 aliphatic rings. The summed E-state index contributed by atoms with van der Waals surface area (Å²) in [6, 6.07) is 17.6. The van der Waals surface area contributed by atoms with Gasteiger partial charge in [0.15, 0.2) is 0 Å². The van der Waals surface area contributed by atoms with Crippen molar-refractivity contribution in [1.82, 2.24) is 0 Å². The summed E-state index contributed by atoms with van der Waals surface area (Å²) < 4.78 is 0. The van der Waals surface area contributed by atoms with E-state index in [0.717, 1.165) is 11.1 Å². The van der Waals surface area contributed by atoms with E-state index in [0.29, 0.717) is 17.9 Å². The van der Waals surface area contributed by atoms with E-state index in [-0.39, 0.29) is 0 Å². The number of nitriles is 1. The number of aliphatic hydroxyl groups excluding tert-OH is 1. The maximum Gasteiger partial charge on any atom is 0.0991 e. The maximum atomic E-state index is 10.3.